The van der Waals surface area contributed by atoms with Gasteiger partial charge in [-0.05, 0) is 0 Å². The molecule has 0 aliphatic heterocycles. The maximum atomic E-state index is 11.3. The average molecular weight is 296 g/mol. The van der Waals surface area contributed by atoms with E-state index in [2.05, 4.69) is 6.92 Å². The van der Waals surface area contributed by atoms with Crippen molar-refractivity contribution in [1.82, 2.24) is 0 Å². The minimum absolute atomic E-state index is 0.249. The molecule has 0 aromatic rings. The van der Waals surface area contributed by atoms with Crippen molar-refractivity contribution in [3.63, 3.8) is 0 Å². The summed E-state index contributed by atoms with van der Waals surface area (Å²) in [6.07, 6.45) is 6.72. The van der Waals surface area contributed by atoms with E-state index in [1.165, 1.54) is 0 Å². The topological polar surface area (TPSA) is 72.8 Å². The van der Waals surface area contributed by atoms with E-state index in [9.17, 15) is 8.12 Å². The molecule has 0 fully saturated rings. The van der Waals surface area contributed by atoms with Crippen LogP contribution < -0.4 is 0 Å². The van der Waals surface area contributed by atoms with Crippen LogP contribution in [-0.4, -0.2) is 24.3 Å². The molecule has 0 amide bonds. The number of rotatable bonds is 13. The Morgan fingerprint density at radius 2 is 1.56 bits per heavy atom. The Hall–Kier alpha value is -0.0957. The van der Waals surface area contributed by atoms with Crippen LogP contribution in [0.5, 0.6) is 0 Å². The number of carboxylic acids is 1. The molecule has 0 heterocycles. The second-order valence-electron chi connectivity index (χ2n) is 4.21. The van der Waals surface area contributed by atoms with E-state index in [-0.39, 0.29) is 6.42 Å². The van der Waals surface area contributed by atoms with Gasteiger partial charge < -0.3 is 0 Å². The van der Waals surface area contributed by atoms with E-state index in [4.69, 9.17) is 11.7 Å². The molecule has 0 atom stereocenters. The Bertz CT molecular complexity index is 233. The monoisotopic (exact) mass is 296 g/mol. The summed E-state index contributed by atoms with van der Waals surface area (Å²) in [5.74, 6) is -0.732. The molecule has 1 N–H and O–H groups in total. The van der Waals surface area contributed by atoms with Crippen molar-refractivity contribution in [2.45, 2.75) is 58.3 Å². The molecule has 0 saturated heterocycles. The molecular formula is C12H24O5Ti. The number of carbonyl (C=O) groups is 1. The maximum absolute atomic E-state index is 11.3. The summed E-state index contributed by atoms with van der Waals surface area (Å²) in [5, 5.41) is 8.44. The van der Waals surface area contributed by atoms with Gasteiger partial charge in [0.15, 0.2) is 0 Å². The van der Waals surface area contributed by atoms with Gasteiger partial charge in [-0.1, -0.05) is 0 Å². The van der Waals surface area contributed by atoms with Gasteiger partial charge in [0.2, 0.25) is 0 Å². The molecule has 0 spiro atoms. The molecule has 0 unspecified atom stereocenters. The fourth-order valence-corrected chi connectivity index (χ4v) is 2.51. The van der Waals surface area contributed by atoms with Crippen LogP contribution in [0, 0.1) is 0 Å². The van der Waals surface area contributed by atoms with Gasteiger partial charge in [-0.25, -0.2) is 0 Å². The van der Waals surface area contributed by atoms with Gasteiger partial charge in [0.05, 0.1) is 0 Å². The Labute approximate surface area is 116 Å². The fourth-order valence-electron chi connectivity index (χ4n) is 1.41. The van der Waals surface area contributed by atoms with Gasteiger partial charge in [-0.15, -0.1) is 0 Å². The van der Waals surface area contributed by atoms with Crippen LogP contribution in [0.25, 0.3) is 0 Å². The Morgan fingerprint density at radius 3 is 2.17 bits per heavy atom. The van der Waals surface area contributed by atoms with Crippen molar-refractivity contribution in [3.05, 3.63) is 0 Å². The van der Waals surface area contributed by atoms with Gasteiger partial charge in [0.1, 0.15) is 0 Å². The third kappa shape index (κ3) is 14.0. The molecular weight excluding hydrogens is 272 g/mol. The van der Waals surface area contributed by atoms with E-state index in [0.717, 1.165) is 44.9 Å². The van der Waals surface area contributed by atoms with Crippen LogP contribution in [-0.2, 0) is 33.4 Å². The van der Waals surface area contributed by atoms with Crippen LogP contribution in [0.3, 0.4) is 0 Å². The third-order valence-electron chi connectivity index (χ3n) is 2.47. The van der Waals surface area contributed by atoms with Gasteiger partial charge in [-0.2, -0.15) is 0 Å². The summed E-state index contributed by atoms with van der Waals surface area (Å²) in [6.45, 7) is 3.08. The van der Waals surface area contributed by atoms with Crippen LogP contribution in [0.2, 0.25) is 0 Å². The Morgan fingerprint density at radius 1 is 1.00 bits per heavy atom. The van der Waals surface area contributed by atoms with Gasteiger partial charge in [0, 0.05) is 0 Å². The molecule has 0 bridgehead atoms. The second kappa shape index (κ2) is 13.3. The Balaban J connectivity index is 3.15. The van der Waals surface area contributed by atoms with Crippen LogP contribution in [0.1, 0.15) is 58.3 Å². The number of hydrogen-bond acceptors (Lipinski definition) is 4. The first-order valence-corrected chi connectivity index (χ1v) is 8.59. The molecule has 0 aliphatic carbocycles. The van der Waals surface area contributed by atoms with Crippen molar-refractivity contribution in [3.8, 4) is 0 Å². The number of hydrogen-bond donors (Lipinski definition) is 1. The number of aliphatic carboxylic acids is 1. The quantitative estimate of drug-likeness (QED) is 0.418. The van der Waals surface area contributed by atoms with Crippen LogP contribution in [0.15, 0.2) is 0 Å². The third-order valence-corrected chi connectivity index (χ3v) is 3.85. The molecule has 0 aromatic heterocycles. The first-order chi connectivity index (χ1) is 8.66. The van der Waals surface area contributed by atoms with E-state index in [1.54, 1.807) is 0 Å². The second-order valence-corrected chi connectivity index (χ2v) is 5.89. The summed E-state index contributed by atoms with van der Waals surface area (Å²) in [4.78, 5) is 10.3. The van der Waals surface area contributed by atoms with E-state index >= 15 is 0 Å². The summed E-state index contributed by atoms with van der Waals surface area (Å²) in [6, 6.07) is 0. The zero-order chi connectivity index (χ0) is 13.6. The molecule has 0 rings (SSSR count). The summed E-state index contributed by atoms with van der Waals surface area (Å²) < 4.78 is 21.5. The molecule has 0 aliphatic rings. The predicted octanol–water partition coefficient (Wildman–Crippen LogP) is 3.04. The van der Waals surface area contributed by atoms with Crippen LogP contribution in [0.4, 0.5) is 0 Å². The van der Waals surface area contributed by atoms with Crippen molar-refractivity contribution in [2.75, 3.05) is 13.2 Å². The van der Waals surface area contributed by atoms with E-state index in [1.807, 2.05) is 0 Å². The summed E-state index contributed by atoms with van der Waals surface area (Å²) in [7, 11) is 0. The standard InChI is InChI=1S/C8H15O3.C4H9O.O.Ti/c9-7-5-3-1-2-4-6-8(10)11;1-2-3-4-5;;/h1-7H2,(H,10,11);2-4H2,1H3;;/q2*-1;;+2. The minimum atomic E-state index is -2.90. The van der Waals surface area contributed by atoms with Gasteiger partial charge in [0.25, 0.3) is 0 Å². The summed E-state index contributed by atoms with van der Waals surface area (Å²) in [5.41, 5.74) is 0. The fraction of sp³-hybridized carbons (Fsp3) is 0.917. The number of unbranched alkanes of at least 4 members (excludes halogenated alkanes) is 5. The molecule has 6 heteroatoms. The van der Waals surface area contributed by atoms with Crippen molar-refractivity contribution in [1.29, 1.82) is 0 Å². The molecule has 0 aromatic carbocycles. The van der Waals surface area contributed by atoms with Crippen molar-refractivity contribution in [2.24, 2.45) is 0 Å². The zero-order valence-electron chi connectivity index (χ0n) is 11.2. The van der Waals surface area contributed by atoms with Crippen molar-refractivity contribution < 1.29 is 38.5 Å². The average Bonchev–Trinajstić information content (AvgIpc) is 2.32. The van der Waals surface area contributed by atoms with Gasteiger partial charge >= 0.3 is 116 Å². The SMILES string of the molecule is CCCC[O][Ti](=[O])[O]CCCCCCCC(=O)O. The first kappa shape index (κ1) is 17.9. The molecule has 5 nitrogen and oxygen atoms in total. The Kier molecular flexibility index (Phi) is 13.3. The number of carboxylic acid groups (broad SMARTS) is 1. The first-order valence-electron chi connectivity index (χ1n) is 6.68. The molecule has 0 radical (unpaired) electrons. The predicted molar refractivity (Wildman–Crippen MR) is 62.8 cm³/mol. The van der Waals surface area contributed by atoms with Gasteiger partial charge in [-0.3, -0.25) is 0 Å². The van der Waals surface area contributed by atoms with E-state index < -0.39 is 24.6 Å². The summed E-state index contributed by atoms with van der Waals surface area (Å²) >= 11 is -2.90. The molecule has 0 saturated carbocycles. The van der Waals surface area contributed by atoms with Crippen LogP contribution >= 0.6 is 0 Å². The molecule has 18 heavy (non-hydrogen) atoms. The normalized spacial score (nSPS) is 10.5. The van der Waals surface area contributed by atoms with E-state index in [0.29, 0.717) is 13.2 Å². The van der Waals surface area contributed by atoms with Crippen molar-refractivity contribution >= 4 is 5.97 Å². The zero-order valence-corrected chi connectivity index (χ0v) is 12.7. The molecule has 106 valence electrons.